The Bertz CT molecular complexity index is 782. The van der Waals surface area contributed by atoms with Gasteiger partial charge in [-0.2, -0.15) is 0 Å². The summed E-state index contributed by atoms with van der Waals surface area (Å²) in [6.07, 6.45) is 4.82. The number of benzene rings is 1. The van der Waals surface area contributed by atoms with Gasteiger partial charge < -0.3 is 19.4 Å². The fourth-order valence-corrected chi connectivity index (χ4v) is 4.31. The number of ether oxygens (including phenoxy) is 1. The topological polar surface area (TPSA) is 71.8 Å². The van der Waals surface area contributed by atoms with E-state index < -0.39 is 10.8 Å². The van der Waals surface area contributed by atoms with Crippen LogP contribution in [0.3, 0.4) is 0 Å². The third kappa shape index (κ3) is 5.94. The van der Waals surface area contributed by atoms with E-state index in [1.54, 1.807) is 43.5 Å². The summed E-state index contributed by atoms with van der Waals surface area (Å²) in [4.78, 5) is 15.4. The molecule has 1 aromatic heterocycles. The SMILES string of the molecule is COc1ccc(S(=O)Cc2ccc(C(=O)NCCCN3CCCCC3)o2)cc1. The van der Waals surface area contributed by atoms with Crippen LogP contribution in [-0.2, 0) is 16.6 Å². The lowest BCUT2D eigenvalue weighted by Crippen LogP contribution is -2.33. The molecule has 0 spiro atoms. The maximum atomic E-state index is 12.5. The van der Waals surface area contributed by atoms with Crippen molar-refractivity contribution in [3.63, 3.8) is 0 Å². The van der Waals surface area contributed by atoms with E-state index in [1.807, 2.05) is 0 Å². The molecule has 1 aliphatic heterocycles. The molecular formula is C21H28N2O4S. The third-order valence-corrected chi connectivity index (χ3v) is 6.21. The first-order valence-corrected chi connectivity index (χ1v) is 11.1. The third-order valence-electron chi connectivity index (χ3n) is 4.87. The number of piperidine rings is 1. The minimum Gasteiger partial charge on any atom is -0.497 e. The van der Waals surface area contributed by atoms with Gasteiger partial charge in [-0.1, -0.05) is 6.42 Å². The molecular weight excluding hydrogens is 376 g/mol. The van der Waals surface area contributed by atoms with E-state index in [0.717, 1.165) is 18.7 Å². The second-order valence-electron chi connectivity index (χ2n) is 6.94. The van der Waals surface area contributed by atoms with Crippen LogP contribution in [0.25, 0.3) is 0 Å². The Morgan fingerprint density at radius 2 is 1.89 bits per heavy atom. The Hall–Kier alpha value is -2.12. The van der Waals surface area contributed by atoms with E-state index in [9.17, 15) is 9.00 Å². The van der Waals surface area contributed by atoms with Crippen LogP contribution in [0, 0.1) is 0 Å². The number of likely N-dealkylation sites (tertiary alicyclic amines) is 1. The van der Waals surface area contributed by atoms with E-state index in [2.05, 4.69) is 10.2 Å². The van der Waals surface area contributed by atoms with E-state index in [1.165, 1.54) is 32.4 Å². The molecule has 1 aromatic carbocycles. The molecule has 0 radical (unpaired) electrons. The molecule has 1 N–H and O–H groups in total. The molecule has 1 fully saturated rings. The predicted molar refractivity (Wildman–Crippen MR) is 109 cm³/mol. The highest BCUT2D eigenvalue weighted by molar-refractivity contribution is 7.84. The van der Waals surface area contributed by atoms with Crippen molar-refractivity contribution in [2.45, 2.75) is 36.3 Å². The van der Waals surface area contributed by atoms with Gasteiger partial charge in [-0.3, -0.25) is 9.00 Å². The monoisotopic (exact) mass is 404 g/mol. The van der Waals surface area contributed by atoms with Gasteiger partial charge in [0.1, 0.15) is 11.5 Å². The van der Waals surface area contributed by atoms with Gasteiger partial charge >= 0.3 is 0 Å². The van der Waals surface area contributed by atoms with E-state index in [0.29, 0.717) is 17.2 Å². The molecule has 6 nitrogen and oxygen atoms in total. The standard InChI is InChI=1S/C21H28N2O4S/c1-26-17-6-9-19(10-7-17)28(25)16-18-8-11-20(27-18)21(24)22-12-5-15-23-13-3-2-4-14-23/h6-11H,2-5,12-16H2,1H3,(H,22,24). The van der Waals surface area contributed by atoms with Gasteiger partial charge in [0.05, 0.1) is 23.7 Å². The first-order chi connectivity index (χ1) is 13.7. The zero-order valence-corrected chi connectivity index (χ0v) is 17.1. The molecule has 1 unspecified atom stereocenters. The second kappa shape index (κ2) is 10.4. The van der Waals surface area contributed by atoms with Crippen molar-refractivity contribution < 1.29 is 18.2 Å². The van der Waals surface area contributed by atoms with Crippen LogP contribution >= 0.6 is 0 Å². The highest BCUT2D eigenvalue weighted by Gasteiger charge is 2.14. The van der Waals surface area contributed by atoms with Crippen LogP contribution in [0.4, 0.5) is 0 Å². The number of nitrogens with one attached hydrogen (secondary N) is 1. The minimum absolute atomic E-state index is 0.222. The summed E-state index contributed by atoms with van der Waals surface area (Å²) in [5, 5.41) is 2.90. The average Bonchev–Trinajstić information content (AvgIpc) is 3.20. The summed E-state index contributed by atoms with van der Waals surface area (Å²) in [7, 11) is 0.351. The smallest absolute Gasteiger partial charge is 0.286 e. The van der Waals surface area contributed by atoms with Crippen molar-refractivity contribution in [3.05, 3.63) is 47.9 Å². The lowest BCUT2D eigenvalue weighted by molar-refractivity contribution is 0.0922. The van der Waals surface area contributed by atoms with Crippen LogP contribution in [-0.4, -0.2) is 48.3 Å². The summed E-state index contributed by atoms with van der Waals surface area (Å²) in [5.41, 5.74) is 0. The molecule has 2 aromatic rings. The normalized spacial score (nSPS) is 15.9. The van der Waals surface area contributed by atoms with Gasteiger partial charge in [-0.15, -0.1) is 0 Å². The minimum atomic E-state index is -1.24. The summed E-state index contributed by atoms with van der Waals surface area (Å²) < 4.78 is 23.2. The fraction of sp³-hybridized carbons (Fsp3) is 0.476. The first-order valence-electron chi connectivity index (χ1n) is 9.77. The van der Waals surface area contributed by atoms with E-state index in [4.69, 9.17) is 9.15 Å². The summed E-state index contributed by atoms with van der Waals surface area (Å²) >= 11 is 0. The van der Waals surface area contributed by atoms with Gasteiger partial charge in [-0.25, -0.2) is 0 Å². The zero-order chi connectivity index (χ0) is 19.8. The molecule has 1 amide bonds. The fourth-order valence-electron chi connectivity index (χ4n) is 3.29. The van der Waals surface area contributed by atoms with Crippen molar-refractivity contribution in [1.29, 1.82) is 0 Å². The van der Waals surface area contributed by atoms with Gasteiger partial charge in [0, 0.05) is 11.4 Å². The predicted octanol–water partition coefficient (Wildman–Crippen LogP) is 3.20. The number of carbonyl (C=O) groups is 1. The zero-order valence-electron chi connectivity index (χ0n) is 16.3. The van der Waals surface area contributed by atoms with Crippen molar-refractivity contribution in [2.75, 3.05) is 33.3 Å². The van der Waals surface area contributed by atoms with Crippen LogP contribution in [0.2, 0.25) is 0 Å². The molecule has 1 aliphatic rings. The molecule has 3 rings (SSSR count). The van der Waals surface area contributed by atoms with E-state index in [-0.39, 0.29) is 17.4 Å². The maximum absolute atomic E-state index is 12.5. The van der Waals surface area contributed by atoms with Crippen molar-refractivity contribution in [3.8, 4) is 5.75 Å². The lowest BCUT2D eigenvalue weighted by Gasteiger charge is -2.26. The molecule has 1 atom stereocenters. The maximum Gasteiger partial charge on any atom is 0.286 e. The Kier molecular flexibility index (Phi) is 7.68. The number of furan rings is 1. The number of hydrogen-bond acceptors (Lipinski definition) is 5. The number of amides is 1. The summed E-state index contributed by atoms with van der Waals surface area (Å²) in [6.45, 7) is 3.98. The number of methoxy groups -OCH3 is 1. The number of rotatable bonds is 9. The van der Waals surface area contributed by atoms with Gasteiger partial charge in [0.2, 0.25) is 0 Å². The Morgan fingerprint density at radius 3 is 2.61 bits per heavy atom. The van der Waals surface area contributed by atoms with Gasteiger partial charge in [0.25, 0.3) is 5.91 Å². The molecule has 152 valence electrons. The number of nitrogens with zero attached hydrogens (tertiary/aromatic N) is 1. The number of carbonyl (C=O) groups excluding carboxylic acids is 1. The molecule has 1 saturated heterocycles. The lowest BCUT2D eigenvalue weighted by atomic mass is 10.1. The van der Waals surface area contributed by atoms with Crippen molar-refractivity contribution in [2.24, 2.45) is 0 Å². The molecule has 0 saturated carbocycles. The first kappa shape index (κ1) is 20.6. The quantitative estimate of drug-likeness (QED) is 0.650. The Morgan fingerprint density at radius 1 is 1.14 bits per heavy atom. The molecule has 0 bridgehead atoms. The molecule has 0 aliphatic carbocycles. The Balaban J connectivity index is 1.43. The Labute approximate surface area is 168 Å². The highest BCUT2D eigenvalue weighted by Crippen LogP contribution is 2.18. The van der Waals surface area contributed by atoms with Gasteiger partial charge in [0.15, 0.2) is 5.76 Å². The van der Waals surface area contributed by atoms with Crippen molar-refractivity contribution >= 4 is 16.7 Å². The highest BCUT2D eigenvalue weighted by atomic mass is 32.2. The molecule has 7 heteroatoms. The van der Waals surface area contributed by atoms with E-state index >= 15 is 0 Å². The van der Waals surface area contributed by atoms with Crippen LogP contribution in [0.15, 0.2) is 45.7 Å². The largest absolute Gasteiger partial charge is 0.497 e. The average molecular weight is 405 g/mol. The van der Waals surface area contributed by atoms with Crippen LogP contribution in [0.1, 0.15) is 42.0 Å². The van der Waals surface area contributed by atoms with Crippen LogP contribution in [0.5, 0.6) is 5.75 Å². The van der Waals surface area contributed by atoms with Crippen LogP contribution < -0.4 is 10.1 Å². The second-order valence-corrected chi connectivity index (χ2v) is 8.39. The van der Waals surface area contributed by atoms with Crippen molar-refractivity contribution in [1.82, 2.24) is 10.2 Å². The summed E-state index contributed by atoms with van der Waals surface area (Å²) in [5.74, 6) is 1.53. The van der Waals surface area contributed by atoms with Gasteiger partial charge in [-0.05, 0) is 75.3 Å². The molecule has 2 heterocycles. The molecule has 28 heavy (non-hydrogen) atoms. The summed E-state index contributed by atoms with van der Waals surface area (Å²) in [6, 6.07) is 10.4. The number of hydrogen-bond donors (Lipinski definition) is 1.